The summed E-state index contributed by atoms with van der Waals surface area (Å²) in [5.41, 5.74) is 5.58. The van der Waals surface area contributed by atoms with E-state index >= 15 is 0 Å². The van der Waals surface area contributed by atoms with Crippen LogP contribution in [0.4, 0.5) is 0 Å². The first-order valence-electron chi connectivity index (χ1n) is 6.81. The predicted octanol–water partition coefficient (Wildman–Crippen LogP) is -0.589. The van der Waals surface area contributed by atoms with Crippen LogP contribution in [0.15, 0.2) is 5.16 Å². The van der Waals surface area contributed by atoms with E-state index < -0.39 is 0 Å². The maximum Gasteiger partial charge on any atom is 0.233 e. The molecule has 1 aromatic rings. The van der Waals surface area contributed by atoms with Gasteiger partial charge in [0.25, 0.3) is 0 Å². The van der Waals surface area contributed by atoms with Gasteiger partial charge in [-0.1, -0.05) is 11.8 Å². The largest absolute Gasteiger partial charge is 0.339 e. The summed E-state index contributed by atoms with van der Waals surface area (Å²) in [6, 6.07) is 0. The van der Waals surface area contributed by atoms with Gasteiger partial charge in [0.15, 0.2) is 5.16 Å². The van der Waals surface area contributed by atoms with Crippen molar-refractivity contribution in [3.8, 4) is 0 Å². The van der Waals surface area contributed by atoms with E-state index in [4.69, 9.17) is 5.73 Å². The topological polar surface area (TPSA) is 80.3 Å². The van der Waals surface area contributed by atoms with Crippen molar-refractivity contribution in [1.82, 2.24) is 24.6 Å². The molecule has 112 valence electrons. The maximum absolute atomic E-state index is 12.2. The molecule has 0 atom stereocenters. The van der Waals surface area contributed by atoms with Crippen molar-refractivity contribution >= 4 is 17.7 Å². The third-order valence-corrected chi connectivity index (χ3v) is 4.39. The summed E-state index contributed by atoms with van der Waals surface area (Å²) in [6.07, 6.45) is 0. The van der Waals surface area contributed by atoms with Crippen molar-refractivity contribution in [2.24, 2.45) is 5.73 Å². The molecule has 2 rings (SSSR count). The number of nitrogens with zero attached hydrogens (tertiary/aromatic N) is 5. The van der Waals surface area contributed by atoms with Crippen molar-refractivity contribution in [3.63, 3.8) is 0 Å². The van der Waals surface area contributed by atoms with Gasteiger partial charge in [-0.3, -0.25) is 4.79 Å². The average molecular weight is 298 g/mol. The van der Waals surface area contributed by atoms with Crippen molar-refractivity contribution in [2.75, 3.05) is 45.5 Å². The predicted molar refractivity (Wildman–Crippen MR) is 78.6 cm³/mol. The average Bonchev–Trinajstić information content (AvgIpc) is 2.79. The fourth-order valence-corrected chi connectivity index (χ4v) is 3.04. The molecule has 0 radical (unpaired) electrons. The van der Waals surface area contributed by atoms with Gasteiger partial charge >= 0.3 is 0 Å². The second-order valence-corrected chi connectivity index (χ2v) is 5.89. The van der Waals surface area contributed by atoms with Crippen molar-refractivity contribution < 1.29 is 4.79 Å². The molecule has 2 N–H and O–H groups in total. The number of thioether (sulfide) groups is 1. The molecule has 7 nitrogen and oxygen atoms in total. The highest BCUT2D eigenvalue weighted by atomic mass is 32.2. The lowest BCUT2D eigenvalue weighted by molar-refractivity contribution is -0.129. The Hall–Kier alpha value is -1.12. The summed E-state index contributed by atoms with van der Waals surface area (Å²) in [7, 11) is 2.08. The molecule has 1 aliphatic heterocycles. The molecule has 0 aromatic carbocycles. The number of hydrogen-bond donors (Lipinski definition) is 1. The molecule has 1 aromatic heterocycles. The van der Waals surface area contributed by atoms with Crippen LogP contribution in [0.3, 0.4) is 0 Å². The Morgan fingerprint density at radius 3 is 2.65 bits per heavy atom. The van der Waals surface area contributed by atoms with E-state index in [2.05, 4.69) is 22.1 Å². The first-order chi connectivity index (χ1) is 9.61. The summed E-state index contributed by atoms with van der Waals surface area (Å²) in [6.45, 7) is 6.63. The van der Waals surface area contributed by atoms with Crippen LogP contribution in [0.2, 0.25) is 0 Å². The smallest absolute Gasteiger partial charge is 0.233 e. The van der Waals surface area contributed by atoms with E-state index in [-0.39, 0.29) is 5.91 Å². The van der Waals surface area contributed by atoms with Gasteiger partial charge in [-0.2, -0.15) is 0 Å². The Bertz CT molecular complexity index is 455. The summed E-state index contributed by atoms with van der Waals surface area (Å²) >= 11 is 1.44. The highest BCUT2D eigenvalue weighted by Crippen LogP contribution is 2.17. The summed E-state index contributed by atoms with van der Waals surface area (Å²) in [4.78, 5) is 16.3. The first kappa shape index (κ1) is 15.3. The van der Waals surface area contributed by atoms with E-state index in [1.807, 2.05) is 16.4 Å². The normalized spacial score (nSPS) is 16.6. The number of rotatable bonds is 5. The van der Waals surface area contributed by atoms with E-state index in [1.165, 1.54) is 11.8 Å². The second-order valence-electron chi connectivity index (χ2n) is 4.94. The molecular formula is C12H22N6OS. The molecule has 2 heterocycles. The highest BCUT2D eigenvalue weighted by molar-refractivity contribution is 7.99. The van der Waals surface area contributed by atoms with Crippen LogP contribution >= 0.6 is 11.8 Å². The number of carbonyl (C=O) groups is 1. The first-order valence-corrected chi connectivity index (χ1v) is 7.79. The van der Waals surface area contributed by atoms with Crippen molar-refractivity contribution in [2.45, 2.75) is 18.6 Å². The molecule has 1 aliphatic rings. The summed E-state index contributed by atoms with van der Waals surface area (Å²) in [5, 5.41) is 8.92. The minimum absolute atomic E-state index is 0.169. The molecule has 20 heavy (non-hydrogen) atoms. The number of hydrogen-bond acceptors (Lipinski definition) is 6. The third-order valence-electron chi connectivity index (χ3n) is 3.44. The number of carbonyl (C=O) groups excluding carboxylic acids is 1. The molecule has 8 heteroatoms. The molecule has 0 aliphatic carbocycles. The maximum atomic E-state index is 12.2. The van der Waals surface area contributed by atoms with Gasteiger partial charge in [0.2, 0.25) is 5.91 Å². The Labute approximate surface area is 123 Å². The standard InChI is InChI=1S/C12H22N6OS/c1-10-14-15-12(18(10)4-3-13)20-9-11(19)17-7-5-16(2)6-8-17/h3-9,13H2,1-2H3. The van der Waals surface area contributed by atoms with Crippen LogP contribution in [0.25, 0.3) is 0 Å². The van der Waals surface area contributed by atoms with Crippen LogP contribution in [-0.2, 0) is 11.3 Å². The van der Waals surface area contributed by atoms with Crippen LogP contribution in [0.1, 0.15) is 5.82 Å². The minimum atomic E-state index is 0.169. The number of amides is 1. The fraction of sp³-hybridized carbons (Fsp3) is 0.750. The van der Waals surface area contributed by atoms with Gasteiger partial charge in [-0.15, -0.1) is 10.2 Å². The Balaban J connectivity index is 1.87. The number of piperazine rings is 1. The SMILES string of the molecule is Cc1nnc(SCC(=O)N2CCN(C)CC2)n1CCN. The van der Waals surface area contributed by atoms with E-state index in [9.17, 15) is 4.79 Å². The zero-order valence-corrected chi connectivity index (χ0v) is 12.9. The van der Waals surface area contributed by atoms with E-state index in [0.29, 0.717) is 18.8 Å². The van der Waals surface area contributed by atoms with Gasteiger partial charge in [-0.25, -0.2) is 0 Å². The summed E-state index contributed by atoms with van der Waals surface area (Å²) in [5.74, 6) is 1.42. The minimum Gasteiger partial charge on any atom is -0.339 e. The Morgan fingerprint density at radius 2 is 2.00 bits per heavy atom. The van der Waals surface area contributed by atoms with Gasteiger partial charge in [-0.05, 0) is 14.0 Å². The van der Waals surface area contributed by atoms with Crippen LogP contribution in [0.5, 0.6) is 0 Å². The third kappa shape index (κ3) is 3.71. The lowest BCUT2D eigenvalue weighted by atomic mass is 10.3. The van der Waals surface area contributed by atoms with Crippen molar-refractivity contribution in [1.29, 1.82) is 0 Å². The zero-order chi connectivity index (χ0) is 14.5. The highest BCUT2D eigenvalue weighted by Gasteiger charge is 2.20. The van der Waals surface area contributed by atoms with E-state index in [1.54, 1.807) is 0 Å². The molecule has 1 fully saturated rings. The second kappa shape index (κ2) is 7.05. The number of likely N-dealkylation sites (N-methyl/N-ethyl adjacent to an activating group) is 1. The zero-order valence-electron chi connectivity index (χ0n) is 12.1. The van der Waals surface area contributed by atoms with Crippen LogP contribution in [0, 0.1) is 6.92 Å². The Kier molecular flexibility index (Phi) is 5.38. The molecule has 0 unspecified atom stereocenters. The molecule has 1 amide bonds. The monoisotopic (exact) mass is 298 g/mol. The molecule has 0 bridgehead atoms. The molecule has 1 saturated heterocycles. The van der Waals surface area contributed by atoms with Gasteiger partial charge in [0.1, 0.15) is 5.82 Å². The molecule has 0 saturated carbocycles. The van der Waals surface area contributed by atoms with Crippen LogP contribution < -0.4 is 5.73 Å². The lowest BCUT2D eigenvalue weighted by Crippen LogP contribution is -2.47. The van der Waals surface area contributed by atoms with Gasteiger partial charge in [0, 0.05) is 39.3 Å². The number of aryl methyl sites for hydroxylation is 1. The van der Waals surface area contributed by atoms with E-state index in [0.717, 1.165) is 37.2 Å². The quantitative estimate of drug-likeness (QED) is 0.732. The van der Waals surface area contributed by atoms with Crippen molar-refractivity contribution in [3.05, 3.63) is 5.82 Å². The van der Waals surface area contributed by atoms with Crippen LogP contribution in [-0.4, -0.2) is 76.0 Å². The number of aromatic nitrogens is 3. The number of nitrogens with two attached hydrogens (primary N) is 1. The Morgan fingerprint density at radius 1 is 1.30 bits per heavy atom. The fourth-order valence-electron chi connectivity index (χ4n) is 2.13. The lowest BCUT2D eigenvalue weighted by Gasteiger charge is -2.32. The molecule has 0 spiro atoms. The molecular weight excluding hydrogens is 276 g/mol. The van der Waals surface area contributed by atoms with Gasteiger partial charge in [0.05, 0.1) is 5.75 Å². The van der Waals surface area contributed by atoms with Gasteiger partial charge < -0.3 is 20.1 Å². The summed E-state index contributed by atoms with van der Waals surface area (Å²) < 4.78 is 1.96.